The third-order valence-corrected chi connectivity index (χ3v) is 3.58. The molecule has 108 valence electrons. The smallest absolute Gasteiger partial charge is 0.225 e. The van der Waals surface area contributed by atoms with E-state index in [0.29, 0.717) is 13.1 Å². The van der Waals surface area contributed by atoms with E-state index in [9.17, 15) is 9.59 Å². The van der Waals surface area contributed by atoms with Crippen LogP contribution in [-0.2, 0) is 16.0 Å². The molecule has 0 fully saturated rings. The lowest BCUT2D eigenvalue weighted by molar-refractivity contribution is -0.125. The number of anilines is 1. The van der Waals surface area contributed by atoms with Crippen molar-refractivity contribution in [3.05, 3.63) is 29.8 Å². The maximum atomic E-state index is 12.2. The molecule has 0 spiro atoms. The fourth-order valence-electron chi connectivity index (χ4n) is 2.47. The van der Waals surface area contributed by atoms with Crippen molar-refractivity contribution in [1.82, 2.24) is 10.6 Å². The molecule has 5 nitrogen and oxygen atoms in total. The van der Waals surface area contributed by atoms with Crippen LogP contribution in [0.3, 0.4) is 0 Å². The van der Waals surface area contributed by atoms with Crippen molar-refractivity contribution in [2.24, 2.45) is 5.92 Å². The molecule has 1 heterocycles. The van der Waals surface area contributed by atoms with Crippen LogP contribution in [0.5, 0.6) is 0 Å². The van der Waals surface area contributed by atoms with Gasteiger partial charge in [0.05, 0.1) is 5.92 Å². The summed E-state index contributed by atoms with van der Waals surface area (Å²) in [6.07, 6.45) is 0.746. The number of para-hydroxylation sites is 1. The van der Waals surface area contributed by atoms with Gasteiger partial charge in [0.1, 0.15) is 0 Å². The number of nitrogens with one attached hydrogen (secondary N) is 3. The van der Waals surface area contributed by atoms with Crippen LogP contribution in [0.1, 0.15) is 19.4 Å². The Morgan fingerprint density at radius 1 is 1.25 bits per heavy atom. The van der Waals surface area contributed by atoms with E-state index in [1.54, 1.807) is 0 Å². The van der Waals surface area contributed by atoms with Gasteiger partial charge in [-0.1, -0.05) is 18.2 Å². The molecular weight excluding hydrogens is 254 g/mol. The minimum absolute atomic E-state index is 0.0323. The highest BCUT2D eigenvalue weighted by Gasteiger charge is 2.29. The highest BCUT2D eigenvalue weighted by molar-refractivity contribution is 5.81. The lowest BCUT2D eigenvalue weighted by atomic mass is 9.87. The molecule has 2 amide bonds. The molecule has 1 aromatic carbocycles. The molecule has 0 aliphatic carbocycles. The third-order valence-electron chi connectivity index (χ3n) is 3.58. The number of benzene rings is 1. The van der Waals surface area contributed by atoms with E-state index >= 15 is 0 Å². The highest BCUT2D eigenvalue weighted by Crippen LogP contribution is 2.28. The van der Waals surface area contributed by atoms with Crippen LogP contribution in [-0.4, -0.2) is 30.9 Å². The van der Waals surface area contributed by atoms with E-state index in [1.165, 1.54) is 12.5 Å². The summed E-state index contributed by atoms with van der Waals surface area (Å²) in [5.41, 5.74) is 2.29. The van der Waals surface area contributed by atoms with Crippen molar-refractivity contribution < 1.29 is 9.59 Å². The minimum atomic E-state index is -0.0825. The van der Waals surface area contributed by atoms with E-state index in [4.69, 9.17) is 0 Å². The molecule has 3 N–H and O–H groups in total. The topological polar surface area (TPSA) is 70.2 Å². The average molecular weight is 275 g/mol. The van der Waals surface area contributed by atoms with Crippen molar-refractivity contribution in [2.75, 3.05) is 18.4 Å². The second-order valence-corrected chi connectivity index (χ2v) is 5.17. The molecule has 0 bridgehead atoms. The number of amides is 2. The normalized spacial score (nSPS) is 20.5. The Kier molecular flexibility index (Phi) is 4.61. The summed E-state index contributed by atoms with van der Waals surface area (Å²) < 4.78 is 0. The Labute approximate surface area is 119 Å². The molecule has 1 aliphatic heterocycles. The molecule has 1 aromatic rings. The average Bonchev–Trinajstić information content (AvgIpc) is 2.42. The standard InChI is InChI=1S/C15H21N3O2/c1-10-13(15(20)17-8-7-16-11(2)19)9-12-5-3-4-6-14(12)18-10/h3-6,10,13,18H,7-9H2,1-2H3,(H,16,19)(H,17,20). The summed E-state index contributed by atoms with van der Waals surface area (Å²) >= 11 is 0. The lowest BCUT2D eigenvalue weighted by Gasteiger charge is -2.31. The number of carbonyl (C=O) groups is 2. The first-order chi connectivity index (χ1) is 9.58. The maximum absolute atomic E-state index is 12.2. The number of hydrogen-bond donors (Lipinski definition) is 3. The fourth-order valence-corrected chi connectivity index (χ4v) is 2.47. The molecule has 0 saturated carbocycles. The SMILES string of the molecule is CC(=O)NCCNC(=O)C1Cc2ccccc2NC1C. The largest absolute Gasteiger partial charge is 0.382 e. The number of fused-ring (bicyclic) bond motifs is 1. The fraction of sp³-hybridized carbons (Fsp3) is 0.467. The summed E-state index contributed by atoms with van der Waals surface area (Å²) in [7, 11) is 0. The predicted octanol–water partition coefficient (Wildman–Crippen LogP) is 0.912. The zero-order valence-electron chi connectivity index (χ0n) is 11.9. The summed E-state index contributed by atoms with van der Waals surface area (Å²) in [4.78, 5) is 22.9. The summed E-state index contributed by atoms with van der Waals surface area (Å²) in [6.45, 7) is 4.41. The van der Waals surface area contributed by atoms with E-state index in [0.717, 1.165) is 12.1 Å². The Morgan fingerprint density at radius 3 is 2.70 bits per heavy atom. The predicted molar refractivity (Wildman–Crippen MR) is 78.4 cm³/mol. The van der Waals surface area contributed by atoms with Gasteiger partial charge >= 0.3 is 0 Å². The van der Waals surface area contributed by atoms with Gasteiger partial charge < -0.3 is 16.0 Å². The second kappa shape index (κ2) is 6.41. The van der Waals surface area contributed by atoms with Crippen LogP contribution in [0.2, 0.25) is 0 Å². The van der Waals surface area contributed by atoms with Gasteiger partial charge in [-0.2, -0.15) is 0 Å². The van der Waals surface area contributed by atoms with Crippen LogP contribution in [0.25, 0.3) is 0 Å². The highest BCUT2D eigenvalue weighted by atomic mass is 16.2. The van der Waals surface area contributed by atoms with Gasteiger partial charge in [0.2, 0.25) is 11.8 Å². The first kappa shape index (κ1) is 14.4. The Morgan fingerprint density at radius 2 is 1.95 bits per heavy atom. The molecule has 0 radical (unpaired) electrons. The number of hydrogen-bond acceptors (Lipinski definition) is 3. The van der Waals surface area contributed by atoms with Crippen LogP contribution in [0.15, 0.2) is 24.3 Å². The second-order valence-electron chi connectivity index (χ2n) is 5.17. The van der Waals surface area contributed by atoms with Crippen LogP contribution in [0.4, 0.5) is 5.69 Å². The van der Waals surface area contributed by atoms with Gasteiger partial charge in [-0.25, -0.2) is 0 Å². The number of carbonyl (C=O) groups excluding carboxylic acids is 2. The van der Waals surface area contributed by atoms with Gasteiger partial charge in [0.25, 0.3) is 0 Å². The van der Waals surface area contributed by atoms with Gasteiger partial charge in [-0.3, -0.25) is 9.59 Å². The molecule has 2 rings (SSSR count). The maximum Gasteiger partial charge on any atom is 0.225 e. The molecule has 2 atom stereocenters. The first-order valence-electron chi connectivity index (χ1n) is 6.94. The van der Waals surface area contributed by atoms with Crippen molar-refractivity contribution in [3.8, 4) is 0 Å². The van der Waals surface area contributed by atoms with Crippen molar-refractivity contribution in [2.45, 2.75) is 26.3 Å². The molecule has 0 aromatic heterocycles. The minimum Gasteiger partial charge on any atom is -0.382 e. The zero-order chi connectivity index (χ0) is 14.5. The quantitative estimate of drug-likeness (QED) is 0.715. The van der Waals surface area contributed by atoms with Crippen molar-refractivity contribution >= 4 is 17.5 Å². The van der Waals surface area contributed by atoms with E-state index in [-0.39, 0.29) is 23.8 Å². The Bertz CT molecular complexity index is 502. The van der Waals surface area contributed by atoms with Crippen molar-refractivity contribution in [1.29, 1.82) is 0 Å². The molecule has 1 aliphatic rings. The molecular formula is C15H21N3O2. The van der Waals surface area contributed by atoms with Crippen molar-refractivity contribution in [3.63, 3.8) is 0 Å². The van der Waals surface area contributed by atoms with Gasteiger partial charge in [0, 0.05) is 31.7 Å². The Balaban J connectivity index is 1.89. The summed E-state index contributed by atoms with van der Waals surface area (Å²) in [5, 5.41) is 8.91. The van der Waals surface area contributed by atoms with Gasteiger partial charge in [0.15, 0.2) is 0 Å². The summed E-state index contributed by atoms with van der Waals surface area (Å²) in [6, 6.07) is 8.17. The zero-order valence-corrected chi connectivity index (χ0v) is 11.9. The monoisotopic (exact) mass is 275 g/mol. The third kappa shape index (κ3) is 3.50. The molecule has 5 heteroatoms. The van der Waals surface area contributed by atoms with Gasteiger partial charge in [-0.15, -0.1) is 0 Å². The number of rotatable bonds is 4. The molecule has 2 unspecified atom stereocenters. The summed E-state index contributed by atoms with van der Waals surface area (Å²) in [5.74, 6) is -0.132. The molecule has 20 heavy (non-hydrogen) atoms. The van der Waals surface area contributed by atoms with Crippen LogP contribution < -0.4 is 16.0 Å². The lowest BCUT2D eigenvalue weighted by Crippen LogP contribution is -2.45. The van der Waals surface area contributed by atoms with E-state index < -0.39 is 0 Å². The van der Waals surface area contributed by atoms with E-state index in [2.05, 4.69) is 16.0 Å². The molecule has 0 saturated heterocycles. The van der Waals surface area contributed by atoms with Gasteiger partial charge in [-0.05, 0) is 25.0 Å². The van der Waals surface area contributed by atoms with Crippen LogP contribution >= 0.6 is 0 Å². The van der Waals surface area contributed by atoms with E-state index in [1.807, 2.05) is 31.2 Å². The first-order valence-corrected chi connectivity index (χ1v) is 6.94. The van der Waals surface area contributed by atoms with Crippen LogP contribution in [0, 0.1) is 5.92 Å². The Hall–Kier alpha value is -2.04.